The molecule has 2 nitrogen and oxygen atoms in total. The highest BCUT2D eigenvalue weighted by Gasteiger charge is 2.12. The van der Waals surface area contributed by atoms with Crippen molar-refractivity contribution in [2.24, 2.45) is 0 Å². The first-order valence-corrected chi connectivity index (χ1v) is 7.40. The van der Waals surface area contributed by atoms with Crippen LogP contribution in [-0.4, -0.2) is 5.91 Å². The van der Waals surface area contributed by atoms with Gasteiger partial charge in [0.2, 0.25) is 0 Å². The Morgan fingerprint density at radius 2 is 1.89 bits per heavy atom. The summed E-state index contributed by atoms with van der Waals surface area (Å²) in [6, 6.07) is 12.4. The summed E-state index contributed by atoms with van der Waals surface area (Å²) in [7, 11) is 0. The van der Waals surface area contributed by atoms with E-state index >= 15 is 0 Å². The van der Waals surface area contributed by atoms with Gasteiger partial charge in [-0.1, -0.05) is 57.3 Å². The van der Waals surface area contributed by atoms with Gasteiger partial charge in [-0.15, -0.1) is 0 Å². The maximum absolute atomic E-state index is 12.2. The first kappa shape index (κ1) is 14.4. The van der Waals surface area contributed by atoms with Crippen LogP contribution in [0.4, 0.5) is 5.69 Å². The smallest absolute Gasteiger partial charge is 0.257 e. The van der Waals surface area contributed by atoms with E-state index in [2.05, 4.69) is 21.2 Å². The highest BCUT2D eigenvalue weighted by molar-refractivity contribution is 9.08. The van der Waals surface area contributed by atoms with E-state index in [0.29, 0.717) is 20.9 Å². The molecule has 2 aromatic rings. The molecule has 5 heteroatoms. The third-order valence-electron chi connectivity index (χ3n) is 2.59. The van der Waals surface area contributed by atoms with Gasteiger partial charge in [0, 0.05) is 16.0 Å². The molecule has 0 aliphatic carbocycles. The van der Waals surface area contributed by atoms with Crippen molar-refractivity contribution in [3.63, 3.8) is 0 Å². The number of carbonyl (C=O) groups excluding carboxylic acids is 1. The van der Waals surface area contributed by atoms with Gasteiger partial charge >= 0.3 is 0 Å². The van der Waals surface area contributed by atoms with Gasteiger partial charge in [-0.25, -0.2) is 0 Å². The quantitative estimate of drug-likeness (QED) is 0.756. The molecule has 1 amide bonds. The highest BCUT2D eigenvalue weighted by Crippen LogP contribution is 2.23. The van der Waals surface area contributed by atoms with Crippen LogP contribution in [0.3, 0.4) is 0 Å². The molecule has 0 aliphatic heterocycles. The van der Waals surface area contributed by atoms with Crippen molar-refractivity contribution in [1.82, 2.24) is 0 Å². The van der Waals surface area contributed by atoms with Gasteiger partial charge < -0.3 is 5.32 Å². The molecule has 2 rings (SSSR count). The third-order valence-corrected chi connectivity index (χ3v) is 3.74. The Morgan fingerprint density at radius 1 is 1.16 bits per heavy atom. The number of benzene rings is 2. The van der Waals surface area contributed by atoms with Gasteiger partial charge in [0.15, 0.2) is 0 Å². The number of carbonyl (C=O) groups is 1. The van der Waals surface area contributed by atoms with Gasteiger partial charge in [-0.2, -0.15) is 0 Å². The number of rotatable bonds is 3. The van der Waals surface area contributed by atoms with Crippen LogP contribution in [0, 0.1) is 0 Å². The Balaban J connectivity index is 2.26. The number of hydrogen-bond donors (Lipinski definition) is 1. The van der Waals surface area contributed by atoms with Crippen molar-refractivity contribution >= 4 is 50.7 Å². The minimum Gasteiger partial charge on any atom is -0.322 e. The molecule has 0 heterocycles. The highest BCUT2D eigenvalue weighted by atomic mass is 79.9. The number of alkyl halides is 1. The normalized spacial score (nSPS) is 10.3. The average molecular weight is 359 g/mol. The molecule has 0 spiro atoms. The summed E-state index contributed by atoms with van der Waals surface area (Å²) in [5.74, 6) is -0.255. The average Bonchev–Trinajstić information content (AvgIpc) is 2.39. The molecule has 0 aliphatic rings. The molecule has 19 heavy (non-hydrogen) atoms. The standard InChI is InChI=1S/C14H10BrCl2NO/c15-8-9-3-1-2-4-13(9)18-14(19)11-6-5-10(16)7-12(11)17/h1-7H,8H2,(H,18,19). The molecular formula is C14H10BrCl2NO. The zero-order valence-electron chi connectivity index (χ0n) is 9.79. The second-order valence-corrected chi connectivity index (χ2v) is 5.27. The molecule has 98 valence electrons. The number of anilines is 1. The van der Waals surface area contributed by atoms with Crippen molar-refractivity contribution < 1.29 is 4.79 Å². The van der Waals surface area contributed by atoms with Crippen LogP contribution in [0.25, 0.3) is 0 Å². The van der Waals surface area contributed by atoms with Crippen LogP contribution in [0.5, 0.6) is 0 Å². The second kappa shape index (κ2) is 6.42. The largest absolute Gasteiger partial charge is 0.322 e. The predicted octanol–water partition coefficient (Wildman–Crippen LogP) is 5.14. The Morgan fingerprint density at radius 3 is 2.58 bits per heavy atom. The van der Waals surface area contributed by atoms with E-state index in [1.54, 1.807) is 18.2 Å². The molecule has 0 atom stereocenters. The summed E-state index contributed by atoms with van der Waals surface area (Å²) < 4.78 is 0. The number of nitrogens with one attached hydrogen (secondary N) is 1. The summed E-state index contributed by atoms with van der Waals surface area (Å²) in [5.41, 5.74) is 2.16. The van der Waals surface area contributed by atoms with Gasteiger partial charge in [-0.05, 0) is 29.8 Å². The molecule has 2 aromatic carbocycles. The van der Waals surface area contributed by atoms with E-state index in [1.165, 1.54) is 0 Å². The molecule has 0 saturated carbocycles. The fourth-order valence-corrected chi connectivity index (χ4v) is 2.61. The van der Waals surface area contributed by atoms with Gasteiger partial charge in [0.1, 0.15) is 0 Å². The van der Waals surface area contributed by atoms with Crippen molar-refractivity contribution in [3.8, 4) is 0 Å². The molecular weight excluding hydrogens is 349 g/mol. The Kier molecular flexibility index (Phi) is 4.86. The monoisotopic (exact) mass is 357 g/mol. The zero-order chi connectivity index (χ0) is 13.8. The lowest BCUT2D eigenvalue weighted by Crippen LogP contribution is -2.13. The van der Waals surface area contributed by atoms with E-state index in [1.807, 2.05) is 24.3 Å². The Bertz CT molecular complexity index is 616. The maximum Gasteiger partial charge on any atom is 0.257 e. The van der Waals surface area contributed by atoms with E-state index in [9.17, 15) is 4.79 Å². The van der Waals surface area contributed by atoms with E-state index in [0.717, 1.165) is 11.3 Å². The van der Waals surface area contributed by atoms with Crippen LogP contribution >= 0.6 is 39.1 Å². The molecule has 0 aromatic heterocycles. The van der Waals surface area contributed by atoms with Gasteiger partial charge in [0.25, 0.3) is 5.91 Å². The topological polar surface area (TPSA) is 29.1 Å². The first-order valence-electron chi connectivity index (χ1n) is 5.52. The van der Waals surface area contributed by atoms with E-state index in [-0.39, 0.29) is 5.91 Å². The van der Waals surface area contributed by atoms with Crippen molar-refractivity contribution in [1.29, 1.82) is 0 Å². The van der Waals surface area contributed by atoms with Crippen molar-refractivity contribution in [3.05, 3.63) is 63.6 Å². The van der Waals surface area contributed by atoms with Gasteiger partial charge in [0.05, 0.1) is 10.6 Å². The summed E-state index contributed by atoms with van der Waals surface area (Å²) in [5, 5.41) is 4.34. The molecule has 0 fully saturated rings. The first-order chi connectivity index (χ1) is 9.11. The Labute approximate surface area is 129 Å². The predicted molar refractivity (Wildman–Crippen MR) is 83.5 cm³/mol. The number of para-hydroxylation sites is 1. The Hall–Kier alpha value is -1.03. The number of amides is 1. The molecule has 0 bridgehead atoms. The summed E-state index contributed by atoms with van der Waals surface area (Å²) in [4.78, 5) is 12.2. The lowest BCUT2D eigenvalue weighted by Gasteiger charge is -2.10. The fraction of sp³-hybridized carbons (Fsp3) is 0.0714. The summed E-state index contributed by atoms with van der Waals surface area (Å²) >= 11 is 15.2. The zero-order valence-corrected chi connectivity index (χ0v) is 12.9. The lowest BCUT2D eigenvalue weighted by atomic mass is 10.1. The second-order valence-electron chi connectivity index (χ2n) is 3.87. The third kappa shape index (κ3) is 3.50. The van der Waals surface area contributed by atoms with Crippen molar-refractivity contribution in [2.75, 3.05) is 5.32 Å². The SMILES string of the molecule is O=C(Nc1ccccc1CBr)c1ccc(Cl)cc1Cl. The van der Waals surface area contributed by atoms with Crippen LogP contribution in [-0.2, 0) is 5.33 Å². The van der Waals surface area contributed by atoms with Gasteiger partial charge in [-0.3, -0.25) is 4.79 Å². The molecule has 0 radical (unpaired) electrons. The van der Waals surface area contributed by atoms with Crippen LogP contribution in [0.2, 0.25) is 10.0 Å². The summed E-state index contributed by atoms with van der Waals surface area (Å²) in [6.07, 6.45) is 0. The van der Waals surface area contributed by atoms with E-state index in [4.69, 9.17) is 23.2 Å². The maximum atomic E-state index is 12.2. The summed E-state index contributed by atoms with van der Waals surface area (Å²) in [6.45, 7) is 0. The minimum absolute atomic E-state index is 0.255. The molecule has 0 saturated heterocycles. The van der Waals surface area contributed by atoms with E-state index < -0.39 is 0 Å². The molecule has 1 N–H and O–H groups in total. The van der Waals surface area contributed by atoms with Crippen LogP contribution < -0.4 is 5.32 Å². The lowest BCUT2D eigenvalue weighted by molar-refractivity contribution is 0.102. The van der Waals surface area contributed by atoms with Crippen molar-refractivity contribution in [2.45, 2.75) is 5.33 Å². The van der Waals surface area contributed by atoms with Crippen LogP contribution in [0.1, 0.15) is 15.9 Å². The van der Waals surface area contributed by atoms with Crippen LogP contribution in [0.15, 0.2) is 42.5 Å². The number of hydrogen-bond acceptors (Lipinski definition) is 1. The number of halogens is 3. The molecule has 0 unspecified atom stereocenters. The fourth-order valence-electron chi connectivity index (χ4n) is 1.62. The minimum atomic E-state index is -0.255.